The first kappa shape index (κ1) is 14.4. The molecule has 18 heavy (non-hydrogen) atoms. The summed E-state index contributed by atoms with van der Waals surface area (Å²) < 4.78 is 22.5. The van der Waals surface area contributed by atoms with Crippen LogP contribution >= 0.6 is 0 Å². The Bertz CT molecular complexity index is 228. The van der Waals surface area contributed by atoms with Crippen molar-refractivity contribution in [1.29, 1.82) is 0 Å². The Morgan fingerprint density at radius 2 is 1.50 bits per heavy atom. The highest BCUT2D eigenvalue weighted by molar-refractivity contribution is 6.66. The van der Waals surface area contributed by atoms with Crippen molar-refractivity contribution in [2.24, 2.45) is 0 Å². The van der Waals surface area contributed by atoms with Gasteiger partial charge in [-0.2, -0.15) is 0 Å². The van der Waals surface area contributed by atoms with Crippen molar-refractivity contribution in [1.82, 2.24) is 4.90 Å². The fourth-order valence-electron chi connectivity index (χ4n) is 2.37. The first-order chi connectivity index (χ1) is 8.79. The van der Waals surface area contributed by atoms with Crippen LogP contribution in [0.1, 0.15) is 6.42 Å². The molecular weight excluding hydrogens is 250 g/mol. The molecule has 0 bridgehead atoms. The molecule has 2 fully saturated rings. The maximum atomic E-state index is 5.91. The molecule has 0 spiro atoms. The molecule has 0 aromatic heterocycles. The fraction of sp³-hybridized carbons (Fsp3) is 1.00. The number of hydrogen-bond acceptors (Lipinski definition) is 5. The van der Waals surface area contributed by atoms with Gasteiger partial charge in [0.05, 0.1) is 39.6 Å². The molecule has 2 saturated heterocycles. The number of rotatable bonds is 4. The van der Waals surface area contributed by atoms with Crippen LogP contribution in [0.2, 0.25) is 12.6 Å². The summed E-state index contributed by atoms with van der Waals surface area (Å²) in [6.45, 7) is 9.96. The zero-order chi connectivity index (χ0) is 12.7. The third kappa shape index (κ3) is 4.95. The third-order valence-electron chi connectivity index (χ3n) is 3.48. The molecule has 0 unspecified atom stereocenters. The minimum atomic E-state index is -1.94. The summed E-state index contributed by atoms with van der Waals surface area (Å²) in [6, 6.07) is 1.07. The van der Waals surface area contributed by atoms with Crippen LogP contribution in [0.25, 0.3) is 0 Å². The lowest BCUT2D eigenvalue weighted by Gasteiger charge is -2.31. The van der Waals surface area contributed by atoms with Crippen molar-refractivity contribution in [3.8, 4) is 0 Å². The van der Waals surface area contributed by atoms with E-state index in [1.54, 1.807) is 0 Å². The van der Waals surface area contributed by atoms with Gasteiger partial charge in [-0.25, -0.2) is 0 Å². The molecule has 0 aromatic carbocycles. The Morgan fingerprint density at radius 1 is 0.889 bits per heavy atom. The predicted molar refractivity (Wildman–Crippen MR) is 71.0 cm³/mol. The molecule has 5 nitrogen and oxygen atoms in total. The van der Waals surface area contributed by atoms with Crippen LogP contribution < -0.4 is 0 Å². The largest absolute Gasteiger partial charge is 0.392 e. The zero-order valence-corrected chi connectivity index (χ0v) is 12.4. The first-order valence-electron chi connectivity index (χ1n) is 6.94. The van der Waals surface area contributed by atoms with E-state index in [0.717, 1.165) is 45.3 Å². The Kier molecular flexibility index (Phi) is 6.07. The highest BCUT2D eigenvalue weighted by Gasteiger charge is 2.32. The predicted octanol–water partition coefficient (Wildman–Crippen LogP) is 0.844. The van der Waals surface area contributed by atoms with E-state index in [1.807, 2.05) is 0 Å². The highest BCUT2D eigenvalue weighted by atomic mass is 28.4. The average molecular weight is 275 g/mol. The number of hydrogen-bond donors (Lipinski definition) is 0. The van der Waals surface area contributed by atoms with E-state index in [1.165, 1.54) is 0 Å². The van der Waals surface area contributed by atoms with E-state index >= 15 is 0 Å². The highest BCUT2D eigenvalue weighted by Crippen LogP contribution is 2.17. The first-order valence-corrected chi connectivity index (χ1v) is 9.47. The van der Waals surface area contributed by atoms with Crippen molar-refractivity contribution in [2.45, 2.75) is 19.0 Å². The summed E-state index contributed by atoms with van der Waals surface area (Å²) >= 11 is 0. The van der Waals surface area contributed by atoms with Gasteiger partial charge >= 0.3 is 8.56 Å². The smallest absolute Gasteiger partial charge is 0.335 e. The van der Waals surface area contributed by atoms with Gasteiger partial charge in [-0.3, -0.25) is 4.90 Å². The van der Waals surface area contributed by atoms with E-state index in [9.17, 15) is 0 Å². The molecule has 2 aliphatic rings. The summed E-state index contributed by atoms with van der Waals surface area (Å²) in [5, 5.41) is 0. The van der Waals surface area contributed by atoms with E-state index < -0.39 is 8.56 Å². The minimum Gasteiger partial charge on any atom is -0.392 e. The topological polar surface area (TPSA) is 40.2 Å². The van der Waals surface area contributed by atoms with Crippen molar-refractivity contribution < 1.29 is 18.3 Å². The van der Waals surface area contributed by atoms with E-state index in [4.69, 9.17) is 18.3 Å². The van der Waals surface area contributed by atoms with Gasteiger partial charge in [0.2, 0.25) is 0 Å². The van der Waals surface area contributed by atoms with Crippen LogP contribution in [0, 0.1) is 0 Å². The Morgan fingerprint density at radius 3 is 2.17 bits per heavy atom. The average Bonchev–Trinajstić information content (AvgIpc) is 2.36. The van der Waals surface area contributed by atoms with Crippen LogP contribution in [-0.4, -0.2) is 72.7 Å². The van der Waals surface area contributed by atoms with Gasteiger partial charge in [0.1, 0.15) is 0 Å². The van der Waals surface area contributed by atoms with Crippen molar-refractivity contribution in [3.05, 3.63) is 0 Å². The number of morpholine rings is 1. The fourth-order valence-corrected chi connectivity index (χ4v) is 4.57. The molecule has 0 aromatic rings. The van der Waals surface area contributed by atoms with Gasteiger partial charge in [0, 0.05) is 13.1 Å². The molecule has 2 aliphatic heterocycles. The molecule has 0 aliphatic carbocycles. The molecule has 0 saturated carbocycles. The minimum absolute atomic E-state index is 0.681. The normalized spacial score (nSPS) is 26.5. The zero-order valence-electron chi connectivity index (χ0n) is 11.4. The Hall–Kier alpha value is 0.0169. The molecular formula is C12H25NO4Si. The Labute approximate surface area is 111 Å². The maximum absolute atomic E-state index is 5.91. The second-order valence-corrected chi connectivity index (χ2v) is 8.35. The van der Waals surface area contributed by atoms with Crippen LogP contribution in [-0.2, 0) is 18.3 Å². The standard InChI is InChI=1S/C12H25NO4Si/c1-18(16-10-8-15-9-11-17-18)12-2-3-13-4-6-14-7-5-13/h2-12H2,1H3. The van der Waals surface area contributed by atoms with Gasteiger partial charge in [-0.1, -0.05) is 0 Å². The van der Waals surface area contributed by atoms with E-state index in [-0.39, 0.29) is 0 Å². The van der Waals surface area contributed by atoms with E-state index in [0.29, 0.717) is 26.4 Å². The van der Waals surface area contributed by atoms with Crippen LogP contribution in [0.4, 0.5) is 0 Å². The van der Waals surface area contributed by atoms with Crippen LogP contribution in [0.15, 0.2) is 0 Å². The monoisotopic (exact) mass is 275 g/mol. The van der Waals surface area contributed by atoms with Crippen molar-refractivity contribution in [2.75, 3.05) is 59.3 Å². The van der Waals surface area contributed by atoms with E-state index in [2.05, 4.69) is 11.4 Å². The lowest BCUT2D eigenvalue weighted by molar-refractivity contribution is 0.0244. The second kappa shape index (κ2) is 7.57. The molecule has 2 rings (SSSR count). The van der Waals surface area contributed by atoms with Crippen LogP contribution in [0.3, 0.4) is 0 Å². The van der Waals surface area contributed by atoms with Gasteiger partial charge < -0.3 is 18.3 Å². The summed E-state index contributed by atoms with van der Waals surface area (Å²) in [5.41, 5.74) is 0. The number of ether oxygens (including phenoxy) is 2. The molecule has 0 radical (unpaired) electrons. The van der Waals surface area contributed by atoms with Gasteiger partial charge in [-0.05, 0) is 25.6 Å². The van der Waals surface area contributed by atoms with Crippen molar-refractivity contribution in [3.63, 3.8) is 0 Å². The molecule has 2 heterocycles. The second-order valence-electron chi connectivity index (χ2n) is 5.00. The molecule has 106 valence electrons. The summed E-state index contributed by atoms with van der Waals surface area (Å²) in [6.07, 6.45) is 1.16. The third-order valence-corrected chi connectivity index (χ3v) is 6.37. The van der Waals surface area contributed by atoms with Gasteiger partial charge in [-0.15, -0.1) is 0 Å². The molecule has 6 heteroatoms. The summed E-state index contributed by atoms with van der Waals surface area (Å²) in [5.74, 6) is 0. The van der Waals surface area contributed by atoms with Crippen LogP contribution in [0.5, 0.6) is 0 Å². The molecule has 0 amide bonds. The Balaban J connectivity index is 1.66. The quantitative estimate of drug-likeness (QED) is 0.711. The summed E-state index contributed by atoms with van der Waals surface area (Å²) in [4.78, 5) is 2.47. The SMILES string of the molecule is C[Si]1(CCCN2CCOCC2)OCCOCCO1. The lowest BCUT2D eigenvalue weighted by Crippen LogP contribution is -2.43. The van der Waals surface area contributed by atoms with Crippen molar-refractivity contribution >= 4 is 8.56 Å². The van der Waals surface area contributed by atoms with Gasteiger partial charge in [0.15, 0.2) is 0 Å². The summed E-state index contributed by atoms with van der Waals surface area (Å²) in [7, 11) is -1.94. The molecule has 0 N–H and O–H groups in total. The maximum Gasteiger partial charge on any atom is 0.335 e. The lowest BCUT2D eigenvalue weighted by atomic mass is 10.3. The van der Waals surface area contributed by atoms with Gasteiger partial charge in [0.25, 0.3) is 0 Å². The molecule has 0 atom stereocenters. The number of nitrogens with zero attached hydrogens (tertiary/aromatic N) is 1.